The van der Waals surface area contributed by atoms with Gasteiger partial charge in [0.05, 0.1) is 0 Å². The average Bonchev–Trinajstić information content (AvgIpc) is 3.07. The third-order valence-electron chi connectivity index (χ3n) is 3.45. The van der Waals surface area contributed by atoms with Crippen molar-refractivity contribution in [2.45, 2.75) is 33.1 Å². The predicted molar refractivity (Wildman–Crippen MR) is 95.0 cm³/mol. The molecule has 0 bridgehead atoms. The number of hydrazine groups is 1. The van der Waals surface area contributed by atoms with Gasteiger partial charge in [0.2, 0.25) is 5.91 Å². The van der Waals surface area contributed by atoms with Gasteiger partial charge in [0.25, 0.3) is 5.91 Å². The van der Waals surface area contributed by atoms with Gasteiger partial charge in [0, 0.05) is 11.3 Å². The van der Waals surface area contributed by atoms with Crippen molar-refractivity contribution in [3.8, 4) is 5.75 Å². The molecule has 1 aromatic heterocycles. The van der Waals surface area contributed by atoms with Crippen LogP contribution in [0, 0.1) is 13.8 Å². The van der Waals surface area contributed by atoms with Gasteiger partial charge in [-0.15, -0.1) is 11.3 Å². The number of carbonyl (C=O) groups is 2. The Morgan fingerprint density at radius 3 is 2.67 bits per heavy atom. The molecule has 24 heavy (non-hydrogen) atoms. The third kappa shape index (κ3) is 6.04. The molecular weight excluding hydrogens is 324 g/mol. The van der Waals surface area contributed by atoms with Crippen LogP contribution in [0.25, 0.3) is 0 Å². The molecule has 2 aromatic rings. The number of benzene rings is 1. The van der Waals surface area contributed by atoms with E-state index < -0.39 is 0 Å². The van der Waals surface area contributed by atoms with E-state index in [-0.39, 0.29) is 18.4 Å². The quantitative estimate of drug-likeness (QED) is 0.758. The highest BCUT2D eigenvalue weighted by molar-refractivity contribution is 7.09. The number of carbonyl (C=O) groups excluding carboxylic acids is 2. The standard InChI is InChI=1S/C18H22N2O3S/c1-13-8-9-14(2)16(11-13)23-12-18(22)20-19-17(21)7-3-5-15-6-4-10-24-15/h4,6,8-11H,3,5,7,12H2,1-2H3,(H,19,21)(H,20,22). The highest BCUT2D eigenvalue weighted by Gasteiger charge is 2.07. The second kappa shape index (κ2) is 9.08. The zero-order valence-corrected chi connectivity index (χ0v) is 14.7. The van der Waals surface area contributed by atoms with Gasteiger partial charge >= 0.3 is 0 Å². The van der Waals surface area contributed by atoms with Gasteiger partial charge in [0.1, 0.15) is 5.75 Å². The van der Waals surface area contributed by atoms with Crippen molar-refractivity contribution in [2.75, 3.05) is 6.61 Å². The van der Waals surface area contributed by atoms with E-state index in [9.17, 15) is 9.59 Å². The van der Waals surface area contributed by atoms with E-state index in [1.807, 2.05) is 43.5 Å². The molecule has 1 heterocycles. The summed E-state index contributed by atoms with van der Waals surface area (Å²) in [5.74, 6) is 0.0848. The third-order valence-corrected chi connectivity index (χ3v) is 4.39. The zero-order valence-electron chi connectivity index (χ0n) is 13.9. The summed E-state index contributed by atoms with van der Waals surface area (Å²) in [4.78, 5) is 24.7. The number of rotatable bonds is 7. The Balaban J connectivity index is 1.63. The maximum absolute atomic E-state index is 11.7. The largest absolute Gasteiger partial charge is 0.483 e. The van der Waals surface area contributed by atoms with Gasteiger partial charge in [-0.25, -0.2) is 0 Å². The van der Waals surface area contributed by atoms with Crippen LogP contribution >= 0.6 is 11.3 Å². The van der Waals surface area contributed by atoms with Crippen molar-refractivity contribution in [1.29, 1.82) is 0 Å². The molecule has 0 saturated heterocycles. The lowest BCUT2D eigenvalue weighted by Gasteiger charge is -2.11. The zero-order chi connectivity index (χ0) is 17.4. The van der Waals surface area contributed by atoms with E-state index in [1.54, 1.807) is 11.3 Å². The molecule has 2 rings (SSSR count). The molecule has 0 fully saturated rings. The van der Waals surface area contributed by atoms with Crippen molar-refractivity contribution >= 4 is 23.2 Å². The summed E-state index contributed by atoms with van der Waals surface area (Å²) in [6, 6.07) is 9.85. The van der Waals surface area contributed by atoms with Gasteiger partial charge < -0.3 is 4.74 Å². The first-order valence-electron chi connectivity index (χ1n) is 7.84. The SMILES string of the molecule is Cc1ccc(C)c(OCC(=O)NNC(=O)CCCc2cccs2)c1. The van der Waals surface area contributed by atoms with Crippen molar-refractivity contribution < 1.29 is 14.3 Å². The molecule has 2 amide bonds. The summed E-state index contributed by atoms with van der Waals surface area (Å²) in [5.41, 5.74) is 6.81. The van der Waals surface area contributed by atoms with Crippen LogP contribution in [0.2, 0.25) is 0 Å². The molecule has 0 aliphatic rings. The lowest BCUT2D eigenvalue weighted by molar-refractivity contribution is -0.130. The monoisotopic (exact) mass is 346 g/mol. The molecule has 5 nitrogen and oxygen atoms in total. The minimum atomic E-state index is -0.387. The van der Waals surface area contributed by atoms with E-state index >= 15 is 0 Å². The van der Waals surface area contributed by atoms with Crippen LogP contribution in [-0.4, -0.2) is 18.4 Å². The molecule has 0 atom stereocenters. The number of ether oxygens (including phenoxy) is 1. The molecule has 0 unspecified atom stereocenters. The first-order chi connectivity index (χ1) is 11.5. The van der Waals surface area contributed by atoms with Gasteiger partial charge in [-0.1, -0.05) is 18.2 Å². The fourth-order valence-corrected chi connectivity index (χ4v) is 2.87. The second-order valence-corrected chi connectivity index (χ2v) is 6.62. The van der Waals surface area contributed by atoms with E-state index in [4.69, 9.17) is 4.74 Å². The second-order valence-electron chi connectivity index (χ2n) is 5.59. The molecule has 0 saturated carbocycles. The Hall–Kier alpha value is -2.34. The maximum Gasteiger partial charge on any atom is 0.276 e. The van der Waals surface area contributed by atoms with Crippen LogP contribution in [0.5, 0.6) is 5.75 Å². The summed E-state index contributed by atoms with van der Waals surface area (Å²) in [7, 11) is 0. The predicted octanol–water partition coefficient (Wildman–Crippen LogP) is 2.91. The van der Waals surface area contributed by atoms with E-state index in [1.165, 1.54) is 4.88 Å². The van der Waals surface area contributed by atoms with Gasteiger partial charge in [-0.2, -0.15) is 0 Å². The van der Waals surface area contributed by atoms with Crippen molar-refractivity contribution in [2.24, 2.45) is 0 Å². The lowest BCUT2D eigenvalue weighted by Crippen LogP contribution is -2.43. The molecule has 0 aliphatic heterocycles. The van der Waals surface area contributed by atoms with Crippen LogP contribution in [-0.2, 0) is 16.0 Å². The fourth-order valence-electron chi connectivity index (χ4n) is 2.12. The summed E-state index contributed by atoms with van der Waals surface area (Å²) in [6.07, 6.45) is 1.99. The molecule has 2 N–H and O–H groups in total. The van der Waals surface area contributed by atoms with Crippen LogP contribution in [0.1, 0.15) is 28.8 Å². The minimum Gasteiger partial charge on any atom is -0.483 e. The number of nitrogens with one attached hydrogen (secondary N) is 2. The first kappa shape index (κ1) is 18.0. The van der Waals surface area contributed by atoms with Gasteiger partial charge in [-0.05, 0) is 55.3 Å². The summed E-state index contributed by atoms with van der Waals surface area (Å²) in [5, 5.41) is 2.02. The van der Waals surface area contributed by atoms with Crippen LogP contribution in [0.4, 0.5) is 0 Å². The molecule has 0 spiro atoms. The number of hydrogen-bond donors (Lipinski definition) is 2. The smallest absolute Gasteiger partial charge is 0.276 e. The van der Waals surface area contributed by atoms with Crippen LogP contribution in [0.3, 0.4) is 0 Å². The lowest BCUT2D eigenvalue weighted by atomic mass is 10.1. The van der Waals surface area contributed by atoms with E-state index in [0.717, 1.165) is 24.0 Å². The van der Waals surface area contributed by atoms with Crippen LogP contribution in [0.15, 0.2) is 35.7 Å². The summed E-state index contributed by atoms with van der Waals surface area (Å²) < 4.78 is 5.48. The number of thiophene rings is 1. The number of hydrogen-bond acceptors (Lipinski definition) is 4. The molecule has 0 aliphatic carbocycles. The Morgan fingerprint density at radius 2 is 1.92 bits per heavy atom. The van der Waals surface area contributed by atoms with Crippen LogP contribution < -0.4 is 15.6 Å². The number of aryl methyl sites for hydroxylation is 3. The van der Waals surface area contributed by atoms with Crippen molar-refractivity contribution in [3.63, 3.8) is 0 Å². The Labute approximate surface area is 146 Å². The normalized spacial score (nSPS) is 10.2. The maximum atomic E-state index is 11.7. The Morgan fingerprint density at radius 1 is 1.12 bits per heavy atom. The highest BCUT2D eigenvalue weighted by atomic mass is 32.1. The molecule has 0 radical (unpaired) electrons. The molecule has 6 heteroatoms. The minimum absolute atomic E-state index is 0.139. The van der Waals surface area contributed by atoms with E-state index in [0.29, 0.717) is 12.2 Å². The Kier molecular flexibility index (Phi) is 6.81. The summed E-state index contributed by atoms with van der Waals surface area (Å²) >= 11 is 1.68. The molecule has 128 valence electrons. The molecular formula is C18H22N2O3S. The summed E-state index contributed by atoms with van der Waals surface area (Å²) in [6.45, 7) is 3.74. The van der Waals surface area contributed by atoms with E-state index in [2.05, 4.69) is 16.9 Å². The fraction of sp³-hybridized carbons (Fsp3) is 0.333. The average molecular weight is 346 g/mol. The molecule has 1 aromatic carbocycles. The van der Waals surface area contributed by atoms with Gasteiger partial charge in [-0.3, -0.25) is 20.4 Å². The first-order valence-corrected chi connectivity index (χ1v) is 8.72. The van der Waals surface area contributed by atoms with Gasteiger partial charge in [0.15, 0.2) is 6.61 Å². The van der Waals surface area contributed by atoms with Crippen molar-refractivity contribution in [3.05, 3.63) is 51.7 Å². The van der Waals surface area contributed by atoms with Crippen molar-refractivity contribution in [1.82, 2.24) is 10.9 Å². The highest BCUT2D eigenvalue weighted by Crippen LogP contribution is 2.18. The number of amides is 2. The Bertz CT molecular complexity index is 684. The topological polar surface area (TPSA) is 67.4 Å².